The fourth-order valence-corrected chi connectivity index (χ4v) is 7.94. The summed E-state index contributed by atoms with van der Waals surface area (Å²) in [5.41, 5.74) is 18.0. The number of anilines is 7. The molecule has 6 nitrogen and oxygen atoms in total. The molecule has 8 aromatic carbocycles. The first kappa shape index (κ1) is 38.2. The van der Waals surface area contributed by atoms with Crippen LogP contribution in [-0.4, -0.2) is 10.8 Å². The number of para-hydroxylation sites is 8. The van der Waals surface area contributed by atoms with Crippen molar-refractivity contribution >= 4 is 56.5 Å². The van der Waals surface area contributed by atoms with Gasteiger partial charge in [0.25, 0.3) is 0 Å². The standard InChI is InChI=1S/C26H18N2.C20H15NO.C6H8N2.CH4/c1-2-10-18(11-3-1)28-23-16-8-5-13-20(23)25-19-12-4-7-15-22(19)27-26(25)21-14-6-9-17-24(21)28;22-20-14-15-8-4-6-12-18(15)21(16-9-2-1-3-10-16)19-13-7-5-11-17(19)20;7-8-6-4-2-1-3-5-6;/h1-17,27H;1-13H,14H2;1-5,8H,7H2;1H4. The highest BCUT2D eigenvalue weighted by Crippen LogP contribution is 2.52. The number of hydrazine groups is 1. The third-order valence-electron chi connectivity index (χ3n) is 10.5. The number of nitrogens with two attached hydrogens (primary N) is 1. The van der Waals surface area contributed by atoms with Gasteiger partial charge in [-0.2, -0.15) is 0 Å². The molecule has 288 valence electrons. The number of hydrogen-bond donors (Lipinski definition) is 3. The van der Waals surface area contributed by atoms with Crippen LogP contribution in [0.3, 0.4) is 0 Å². The van der Waals surface area contributed by atoms with Crippen molar-refractivity contribution in [1.29, 1.82) is 0 Å². The van der Waals surface area contributed by atoms with Crippen molar-refractivity contribution in [2.24, 2.45) is 5.84 Å². The van der Waals surface area contributed by atoms with E-state index in [1.807, 2.05) is 91.0 Å². The molecule has 11 rings (SSSR count). The Bertz CT molecular complexity index is 2830. The maximum atomic E-state index is 12.6. The molecule has 0 amide bonds. The van der Waals surface area contributed by atoms with E-state index in [0.717, 1.165) is 39.6 Å². The molecule has 0 aliphatic carbocycles. The zero-order valence-corrected chi connectivity index (χ0v) is 31.8. The second-order valence-corrected chi connectivity index (χ2v) is 14.1. The third kappa shape index (κ3) is 7.48. The molecule has 0 spiro atoms. The average molecular weight is 768 g/mol. The van der Waals surface area contributed by atoms with Gasteiger partial charge in [0, 0.05) is 62.3 Å². The lowest BCUT2D eigenvalue weighted by Crippen LogP contribution is -2.11. The lowest BCUT2D eigenvalue weighted by atomic mass is 9.98. The van der Waals surface area contributed by atoms with Crippen LogP contribution in [0.4, 0.5) is 39.8 Å². The number of rotatable bonds is 3. The van der Waals surface area contributed by atoms with Crippen LogP contribution in [0, 0.1) is 0 Å². The van der Waals surface area contributed by atoms with Crippen molar-refractivity contribution in [3.05, 3.63) is 223 Å². The number of fused-ring (bicyclic) bond motifs is 9. The summed E-state index contributed by atoms with van der Waals surface area (Å²) in [6.45, 7) is 0. The molecule has 9 aromatic rings. The predicted molar refractivity (Wildman–Crippen MR) is 248 cm³/mol. The van der Waals surface area contributed by atoms with Crippen LogP contribution in [-0.2, 0) is 6.42 Å². The van der Waals surface area contributed by atoms with Crippen LogP contribution in [0.15, 0.2) is 212 Å². The highest BCUT2D eigenvalue weighted by Gasteiger charge is 2.28. The number of carbonyl (C=O) groups is 1. The number of benzene rings is 8. The molecule has 0 fully saturated rings. The van der Waals surface area contributed by atoms with E-state index in [1.165, 1.54) is 44.7 Å². The summed E-state index contributed by atoms with van der Waals surface area (Å²) in [5.74, 6) is 5.27. The summed E-state index contributed by atoms with van der Waals surface area (Å²) in [6, 6.07) is 72.3. The van der Waals surface area contributed by atoms with Gasteiger partial charge >= 0.3 is 0 Å². The van der Waals surface area contributed by atoms with E-state index in [-0.39, 0.29) is 13.2 Å². The van der Waals surface area contributed by atoms with E-state index in [1.54, 1.807) is 0 Å². The van der Waals surface area contributed by atoms with Gasteiger partial charge in [-0.05, 0) is 78.4 Å². The Morgan fingerprint density at radius 2 is 0.898 bits per heavy atom. The van der Waals surface area contributed by atoms with Crippen LogP contribution < -0.4 is 21.1 Å². The molecular formula is C53H45N5O. The van der Waals surface area contributed by atoms with Gasteiger partial charge in [0.1, 0.15) is 0 Å². The van der Waals surface area contributed by atoms with E-state index in [0.29, 0.717) is 6.42 Å². The van der Waals surface area contributed by atoms with Crippen LogP contribution in [0.2, 0.25) is 0 Å². The van der Waals surface area contributed by atoms with Gasteiger partial charge in [0.15, 0.2) is 5.78 Å². The molecular weight excluding hydrogens is 723 g/mol. The molecule has 4 N–H and O–H groups in total. The smallest absolute Gasteiger partial charge is 0.169 e. The highest BCUT2D eigenvalue weighted by molar-refractivity contribution is 6.11. The molecule has 0 bridgehead atoms. The predicted octanol–water partition coefficient (Wildman–Crippen LogP) is 13.8. The number of ketones is 1. The van der Waals surface area contributed by atoms with Gasteiger partial charge in [-0.25, -0.2) is 0 Å². The van der Waals surface area contributed by atoms with E-state index in [9.17, 15) is 4.79 Å². The van der Waals surface area contributed by atoms with Crippen LogP contribution in [0.5, 0.6) is 0 Å². The molecule has 6 heteroatoms. The fourth-order valence-electron chi connectivity index (χ4n) is 7.94. The monoisotopic (exact) mass is 767 g/mol. The average Bonchev–Trinajstić information content (AvgIpc) is 3.56. The van der Waals surface area contributed by atoms with Crippen molar-refractivity contribution in [1.82, 2.24) is 4.98 Å². The van der Waals surface area contributed by atoms with Gasteiger partial charge in [-0.15, -0.1) is 0 Å². The number of Topliss-reactive ketones (excluding diaryl/α,β-unsaturated/α-hetero) is 1. The first-order valence-electron chi connectivity index (χ1n) is 19.4. The Morgan fingerprint density at radius 3 is 1.51 bits per heavy atom. The zero-order chi connectivity index (χ0) is 39.3. The van der Waals surface area contributed by atoms with Gasteiger partial charge in [-0.1, -0.05) is 147 Å². The minimum atomic E-state index is 0. The van der Waals surface area contributed by atoms with Crippen molar-refractivity contribution in [2.45, 2.75) is 13.8 Å². The molecule has 0 atom stereocenters. The van der Waals surface area contributed by atoms with Gasteiger partial charge in [0.2, 0.25) is 0 Å². The summed E-state index contributed by atoms with van der Waals surface area (Å²) in [5, 5.41) is 1.26. The lowest BCUT2D eigenvalue weighted by Gasteiger charge is -2.27. The van der Waals surface area contributed by atoms with Crippen LogP contribution >= 0.6 is 0 Å². The third-order valence-corrected chi connectivity index (χ3v) is 10.5. The number of hydrogen-bond acceptors (Lipinski definition) is 5. The first-order valence-corrected chi connectivity index (χ1v) is 19.4. The second kappa shape index (κ2) is 17.2. The van der Waals surface area contributed by atoms with Crippen LogP contribution in [0.25, 0.3) is 33.3 Å². The van der Waals surface area contributed by atoms with Crippen molar-refractivity contribution in [3.63, 3.8) is 0 Å². The van der Waals surface area contributed by atoms with Crippen molar-refractivity contribution in [2.75, 3.05) is 15.2 Å². The summed E-state index contributed by atoms with van der Waals surface area (Å²) in [7, 11) is 0. The Hall–Kier alpha value is -7.67. The highest BCUT2D eigenvalue weighted by atomic mass is 16.1. The largest absolute Gasteiger partial charge is 0.354 e. The summed E-state index contributed by atoms with van der Waals surface area (Å²) < 4.78 is 0. The maximum Gasteiger partial charge on any atom is 0.169 e. The van der Waals surface area contributed by atoms with E-state index < -0.39 is 0 Å². The molecule has 0 unspecified atom stereocenters. The molecule has 0 radical (unpaired) electrons. The molecule has 0 saturated heterocycles. The maximum absolute atomic E-state index is 12.6. The molecule has 1 aromatic heterocycles. The normalized spacial score (nSPS) is 11.9. The van der Waals surface area contributed by atoms with Crippen molar-refractivity contribution < 1.29 is 4.79 Å². The van der Waals surface area contributed by atoms with E-state index in [2.05, 4.69) is 142 Å². The van der Waals surface area contributed by atoms with Crippen molar-refractivity contribution in [3.8, 4) is 22.4 Å². The number of aromatic nitrogens is 1. The molecule has 59 heavy (non-hydrogen) atoms. The van der Waals surface area contributed by atoms with E-state index >= 15 is 0 Å². The Morgan fingerprint density at radius 1 is 0.458 bits per heavy atom. The first-order chi connectivity index (χ1) is 28.7. The number of carbonyl (C=O) groups excluding carboxylic acids is 1. The molecule has 2 aliphatic rings. The summed E-state index contributed by atoms with van der Waals surface area (Å²) >= 11 is 0. The Labute approximate surface area is 345 Å². The topological polar surface area (TPSA) is 77.4 Å². The second-order valence-electron chi connectivity index (χ2n) is 14.1. The number of aromatic amines is 1. The SMILES string of the molecule is C.NNc1ccccc1.O=C1Cc2ccccc2N(c2ccccc2)c2ccccc21.c1ccc(N2c3ccccc3-c3[nH]c4ccccc4c3-c3ccccc32)cc1. The Balaban J connectivity index is 0.000000139. The molecule has 2 aliphatic heterocycles. The zero-order valence-electron chi connectivity index (χ0n) is 31.8. The lowest BCUT2D eigenvalue weighted by molar-refractivity contribution is 0.0994. The minimum Gasteiger partial charge on any atom is -0.354 e. The number of nitrogen functional groups attached to an aromatic ring is 1. The van der Waals surface area contributed by atoms with Crippen LogP contribution in [0.1, 0.15) is 23.3 Å². The number of H-pyrrole nitrogens is 1. The van der Waals surface area contributed by atoms with E-state index in [4.69, 9.17) is 5.84 Å². The van der Waals surface area contributed by atoms with Gasteiger partial charge in [0.05, 0.1) is 22.8 Å². The van der Waals surface area contributed by atoms with Gasteiger partial charge in [-0.3, -0.25) is 10.6 Å². The number of nitrogens with one attached hydrogen (secondary N) is 2. The fraction of sp³-hybridized carbons (Fsp3) is 0.0377. The van der Waals surface area contributed by atoms with Gasteiger partial charge < -0.3 is 20.2 Å². The molecule has 0 saturated carbocycles. The summed E-state index contributed by atoms with van der Waals surface area (Å²) in [4.78, 5) is 20.9. The minimum absolute atomic E-state index is 0. The Kier molecular flexibility index (Phi) is 11.2. The molecule has 3 heterocycles. The quantitative estimate of drug-likeness (QED) is 0.123. The summed E-state index contributed by atoms with van der Waals surface area (Å²) in [6.07, 6.45) is 0.441. The number of nitrogens with zero attached hydrogens (tertiary/aromatic N) is 2.